The third-order valence-electron chi connectivity index (χ3n) is 5.67. The van der Waals surface area contributed by atoms with Crippen LogP contribution in [0.5, 0.6) is 0 Å². The average molecular weight is 435 g/mol. The molecule has 0 saturated heterocycles. The molecule has 0 N–H and O–H groups in total. The van der Waals surface area contributed by atoms with Crippen molar-refractivity contribution in [3.63, 3.8) is 0 Å². The largest absolute Gasteiger partial charge is 0.412 e. The van der Waals surface area contributed by atoms with Gasteiger partial charge in [0.25, 0.3) is 10.1 Å². The normalized spacial score (nSPS) is 13.4. The lowest BCUT2D eigenvalue weighted by Gasteiger charge is -2.33. The van der Waals surface area contributed by atoms with Gasteiger partial charge in [-0.1, -0.05) is 68.8 Å². The van der Waals surface area contributed by atoms with Crippen LogP contribution in [0.2, 0.25) is 18.1 Å². The summed E-state index contributed by atoms with van der Waals surface area (Å²) in [5, 5.41) is 0. The van der Waals surface area contributed by atoms with E-state index in [0.29, 0.717) is 0 Å². The lowest BCUT2D eigenvalue weighted by Crippen LogP contribution is -2.42. The van der Waals surface area contributed by atoms with Crippen LogP contribution < -0.4 is 0 Å². The number of hydrogen-bond acceptors (Lipinski definition) is 4. The van der Waals surface area contributed by atoms with Crippen LogP contribution in [0.3, 0.4) is 0 Å². The van der Waals surface area contributed by atoms with Gasteiger partial charge in [0.1, 0.15) is 0 Å². The summed E-state index contributed by atoms with van der Waals surface area (Å²) in [7, 11) is -5.67. The molecule has 0 amide bonds. The predicted octanol–water partition coefficient (Wildman–Crippen LogP) is 5.72. The van der Waals surface area contributed by atoms with E-state index in [1.165, 1.54) is 5.56 Å². The highest BCUT2D eigenvalue weighted by molar-refractivity contribution is 7.86. The molecule has 0 heterocycles. The van der Waals surface area contributed by atoms with Crippen molar-refractivity contribution in [3.8, 4) is 0 Å². The first kappa shape index (κ1) is 23.8. The van der Waals surface area contributed by atoms with Crippen LogP contribution in [0.4, 0.5) is 0 Å². The van der Waals surface area contributed by atoms with Crippen LogP contribution in [0.1, 0.15) is 38.3 Å². The second-order valence-corrected chi connectivity index (χ2v) is 13.9. The van der Waals surface area contributed by atoms with E-state index < -0.39 is 18.4 Å². The van der Waals surface area contributed by atoms with Crippen molar-refractivity contribution in [1.29, 1.82) is 0 Å². The third-order valence-corrected chi connectivity index (χ3v) is 11.7. The molecule has 0 bridgehead atoms. The maximum atomic E-state index is 12.6. The highest BCUT2D eigenvalue weighted by atomic mass is 32.2. The Labute approximate surface area is 177 Å². The van der Waals surface area contributed by atoms with E-state index in [-0.39, 0.29) is 17.6 Å². The molecule has 2 rings (SSSR count). The zero-order chi connectivity index (χ0) is 21.3. The van der Waals surface area contributed by atoms with Crippen LogP contribution in [-0.4, -0.2) is 29.4 Å². The first-order chi connectivity index (χ1) is 13.8. The van der Waals surface area contributed by atoms with Crippen LogP contribution >= 0.6 is 0 Å². The Balaban J connectivity index is 2.11. The average Bonchev–Trinajstić information content (AvgIpc) is 2.75. The summed E-state index contributed by atoms with van der Waals surface area (Å²) < 4.78 is 37.3. The predicted molar refractivity (Wildman–Crippen MR) is 121 cm³/mol. The zero-order valence-corrected chi connectivity index (χ0v) is 19.9. The van der Waals surface area contributed by atoms with Crippen LogP contribution in [0.15, 0.2) is 59.5 Å². The van der Waals surface area contributed by atoms with Gasteiger partial charge >= 0.3 is 0 Å². The Hall–Kier alpha value is -1.47. The lowest BCUT2D eigenvalue weighted by atomic mass is 10.1. The lowest BCUT2D eigenvalue weighted by molar-refractivity contribution is 0.114. The molecule has 2 aromatic rings. The molecule has 0 aliphatic carbocycles. The van der Waals surface area contributed by atoms with Crippen molar-refractivity contribution in [2.45, 2.75) is 69.7 Å². The molecule has 0 radical (unpaired) electrons. The van der Waals surface area contributed by atoms with E-state index in [9.17, 15) is 8.42 Å². The fraction of sp³-hybridized carbons (Fsp3) is 0.478. The number of rotatable bonds is 12. The van der Waals surface area contributed by atoms with Crippen molar-refractivity contribution in [2.75, 3.05) is 6.61 Å². The highest BCUT2D eigenvalue weighted by Crippen LogP contribution is 2.26. The molecule has 0 fully saturated rings. The molecular formula is C23H34O4SSi. The maximum Gasteiger partial charge on any atom is 0.297 e. The van der Waals surface area contributed by atoms with Crippen LogP contribution in [0, 0.1) is 6.92 Å². The van der Waals surface area contributed by atoms with E-state index in [1.807, 2.05) is 25.1 Å². The summed E-state index contributed by atoms with van der Waals surface area (Å²) >= 11 is 0. The molecule has 0 unspecified atom stereocenters. The van der Waals surface area contributed by atoms with Gasteiger partial charge in [0.05, 0.1) is 17.6 Å². The molecular weight excluding hydrogens is 400 g/mol. The Morgan fingerprint density at radius 3 is 2.03 bits per heavy atom. The van der Waals surface area contributed by atoms with Crippen molar-refractivity contribution in [3.05, 3.63) is 65.7 Å². The quantitative estimate of drug-likeness (QED) is 0.316. The number of hydrogen-bond donors (Lipinski definition) is 0. The van der Waals surface area contributed by atoms with Crippen molar-refractivity contribution in [1.82, 2.24) is 0 Å². The zero-order valence-electron chi connectivity index (χ0n) is 18.1. The van der Waals surface area contributed by atoms with Crippen LogP contribution in [0.25, 0.3) is 0 Å². The molecule has 2 aromatic carbocycles. The first-order valence-electron chi connectivity index (χ1n) is 10.5. The van der Waals surface area contributed by atoms with Crippen LogP contribution in [-0.2, 0) is 25.1 Å². The first-order valence-corrected chi connectivity index (χ1v) is 14.5. The number of aryl methyl sites for hydroxylation is 2. The van der Waals surface area contributed by atoms with E-state index in [2.05, 4.69) is 32.9 Å². The summed E-state index contributed by atoms with van der Waals surface area (Å²) in [6, 6.07) is 20.0. The van der Waals surface area contributed by atoms with Gasteiger partial charge in [0.2, 0.25) is 0 Å². The standard InChI is InChI=1S/C23H34O4SSi/c1-5-29(6-2,7-3)27-22(16-15-21-11-9-8-10-12-21)19-26-28(24,25)23-17-13-20(4)14-18-23/h8-14,17-18,22H,5-7,15-16,19H2,1-4H3/t22-/m1/s1. The van der Waals surface area contributed by atoms with Crippen molar-refractivity contribution < 1.29 is 17.0 Å². The Bertz CT molecular complexity index is 823. The Kier molecular flexibility index (Phi) is 9.08. The van der Waals surface area contributed by atoms with E-state index in [4.69, 9.17) is 8.61 Å². The molecule has 29 heavy (non-hydrogen) atoms. The minimum Gasteiger partial charge on any atom is -0.412 e. The fourth-order valence-corrected chi connectivity index (χ4v) is 7.27. The van der Waals surface area contributed by atoms with Gasteiger partial charge in [0, 0.05) is 0 Å². The van der Waals surface area contributed by atoms with E-state index in [1.54, 1.807) is 24.3 Å². The monoisotopic (exact) mass is 434 g/mol. The molecule has 0 aliphatic heterocycles. The summed E-state index contributed by atoms with van der Waals surface area (Å²) in [5.74, 6) is 0. The van der Waals surface area contributed by atoms with Gasteiger partial charge in [-0.15, -0.1) is 0 Å². The van der Waals surface area contributed by atoms with Crippen molar-refractivity contribution >= 4 is 18.4 Å². The fourth-order valence-electron chi connectivity index (χ4n) is 3.44. The minimum atomic E-state index is -3.80. The van der Waals surface area contributed by atoms with Gasteiger partial charge in [-0.3, -0.25) is 4.18 Å². The molecule has 160 valence electrons. The van der Waals surface area contributed by atoms with Gasteiger partial charge < -0.3 is 4.43 Å². The Morgan fingerprint density at radius 1 is 0.897 bits per heavy atom. The van der Waals surface area contributed by atoms with Gasteiger partial charge in [-0.25, -0.2) is 0 Å². The topological polar surface area (TPSA) is 52.6 Å². The second-order valence-electron chi connectivity index (χ2n) is 7.56. The van der Waals surface area contributed by atoms with E-state index >= 15 is 0 Å². The van der Waals surface area contributed by atoms with Gasteiger partial charge in [-0.2, -0.15) is 8.42 Å². The molecule has 0 saturated carbocycles. The molecule has 1 atom stereocenters. The minimum absolute atomic E-state index is 0.0534. The smallest absolute Gasteiger partial charge is 0.297 e. The van der Waals surface area contributed by atoms with Gasteiger partial charge in [-0.05, 0) is 55.6 Å². The summed E-state index contributed by atoms with van der Waals surface area (Å²) in [6.07, 6.45) is 1.34. The van der Waals surface area contributed by atoms with E-state index in [0.717, 1.165) is 36.5 Å². The highest BCUT2D eigenvalue weighted by Gasteiger charge is 2.32. The SMILES string of the molecule is CC[Si](CC)(CC)O[C@H](CCc1ccccc1)COS(=O)(=O)c1ccc(C)cc1. The third kappa shape index (κ3) is 7.06. The molecule has 0 spiro atoms. The summed E-state index contributed by atoms with van der Waals surface area (Å²) in [6.45, 7) is 8.51. The summed E-state index contributed by atoms with van der Waals surface area (Å²) in [5.41, 5.74) is 2.23. The van der Waals surface area contributed by atoms with Crippen molar-refractivity contribution in [2.24, 2.45) is 0 Å². The number of benzene rings is 2. The van der Waals surface area contributed by atoms with Gasteiger partial charge in [0.15, 0.2) is 8.32 Å². The maximum absolute atomic E-state index is 12.6. The molecule has 6 heteroatoms. The molecule has 0 aliphatic rings. The molecule has 0 aromatic heterocycles. The molecule has 4 nitrogen and oxygen atoms in total. The summed E-state index contributed by atoms with van der Waals surface area (Å²) in [4.78, 5) is 0.190. The Morgan fingerprint density at radius 2 is 1.48 bits per heavy atom. The second kappa shape index (κ2) is 11.1.